The molecule has 1 amide bonds. The maximum absolute atomic E-state index is 12.7. The van der Waals surface area contributed by atoms with Crippen LogP contribution < -0.4 is 0 Å². The number of morpholine rings is 1. The number of aliphatic hydroxyl groups is 1. The summed E-state index contributed by atoms with van der Waals surface area (Å²) in [4.78, 5) is 18.3. The molecule has 8 nitrogen and oxygen atoms in total. The molecule has 0 spiro atoms. The Labute approximate surface area is 160 Å². The molecule has 1 aliphatic rings. The van der Waals surface area contributed by atoms with Crippen LogP contribution in [-0.4, -0.2) is 62.5 Å². The molecule has 1 fully saturated rings. The molecule has 26 heavy (non-hydrogen) atoms. The molecule has 1 aromatic carbocycles. The second kappa shape index (κ2) is 8.79. The van der Waals surface area contributed by atoms with E-state index in [9.17, 15) is 9.90 Å². The molecule has 3 N–H and O–H groups in total. The fraction of sp³-hybridized carbons (Fsp3) is 0.438. The highest BCUT2D eigenvalue weighted by molar-refractivity contribution is 6.35. The lowest BCUT2D eigenvalue weighted by molar-refractivity contribution is -0.141. The van der Waals surface area contributed by atoms with Crippen LogP contribution in [-0.2, 0) is 21.7 Å². The molecule has 1 aromatic heterocycles. The Morgan fingerprint density at radius 2 is 2.04 bits per heavy atom. The molecule has 1 saturated heterocycles. The third-order valence-electron chi connectivity index (χ3n) is 4.13. The molecular formula is C16H20Cl2N4O4. The number of aromatic nitrogens is 3. The Bertz CT molecular complexity index is 738. The molecule has 0 radical (unpaired) electrons. The number of halogens is 2. The van der Waals surface area contributed by atoms with Gasteiger partial charge in [0, 0.05) is 28.7 Å². The van der Waals surface area contributed by atoms with Gasteiger partial charge in [-0.25, -0.2) is 9.67 Å². The summed E-state index contributed by atoms with van der Waals surface area (Å²) in [5.41, 5.74) is -1.11. The number of carbonyl (C=O) groups is 1. The average Bonchev–Trinajstić information content (AvgIpc) is 3.08. The minimum Gasteiger partial charge on any atom is -0.412 e. The van der Waals surface area contributed by atoms with E-state index >= 15 is 0 Å². The predicted molar refractivity (Wildman–Crippen MR) is 96.0 cm³/mol. The van der Waals surface area contributed by atoms with Gasteiger partial charge in [0.25, 0.3) is 0 Å². The van der Waals surface area contributed by atoms with Crippen molar-refractivity contribution < 1.29 is 20.1 Å². The van der Waals surface area contributed by atoms with Crippen molar-refractivity contribution in [3.05, 3.63) is 46.5 Å². The molecular weight excluding hydrogens is 383 g/mol. The van der Waals surface area contributed by atoms with E-state index in [1.807, 2.05) is 0 Å². The minimum absolute atomic E-state index is 0. The Hall–Kier alpha value is -1.71. The first-order chi connectivity index (χ1) is 12.0. The van der Waals surface area contributed by atoms with Crippen molar-refractivity contribution in [3.8, 4) is 0 Å². The van der Waals surface area contributed by atoms with E-state index in [1.54, 1.807) is 23.1 Å². The first-order valence-electron chi connectivity index (χ1n) is 7.84. The molecule has 3 rings (SSSR count). The number of hydrogen-bond acceptors (Lipinski definition) is 5. The van der Waals surface area contributed by atoms with Gasteiger partial charge in [0.1, 0.15) is 18.3 Å². The minimum atomic E-state index is -1.54. The standard InChI is InChI=1S/C16H18Cl2N4O3.H2O/c17-12-1-2-13(14(18)7-12)16(24,9-22-11-19-10-20-22)8-15(23)21-3-5-25-6-4-21;/h1-2,7,10-11,24H,3-6,8-9H2;1H2. The van der Waals surface area contributed by atoms with Gasteiger partial charge in [-0.1, -0.05) is 29.3 Å². The van der Waals surface area contributed by atoms with E-state index in [0.717, 1.165) is 0 Å². The number of ether oxygens (including phenoxy) is 1. The molecule has 1 atom stereocenters. The van der Waals surface area contributed by atoms with Crippen LogP contribution in [0.25, 0.3) is 0 Å². The molecule has 1 aliphatic heterocycles. The van der Waals surface area contributed by atoms with Crippen LogP contribution in [0, 0.1) is 0 Å². The maximum Gasteiger partial charge on any atom is 0.226 e. The number of benzene rings is 1. The summed E-state index contributed by atoms with van der Waals surface area (Å²) < 4.78 is 6.74. The Morgan fingerprint density at radius 1 is 1.31 bits per heavy atom. The molecule has 0 aliphatic carbocycles. The van der Waals surface area contributed by atoms with Gasteiger partial charge in [0.05, 0.1) is 26.2 Å². The largest absolute Gasteiger partial charge is 0.412 e. The Kier molecular flexibility index (Phi) is 6.96. The zero-order chi connectivity index (χ0) is 17.9. The number of carbonyl (C=O) groups excluding carboxylic acids is 1. The highest BCUT2D eigenvalue weighted by Crippen LogP contribution is 2.34. The third-order valence-corrected chi connectivity index (χ3v) is 4.68. The Balaban J connectivity index is 0.00000243. The van der Waals surface area contributed by atoms with Gasteiger partial charge in [-0.2, -0.15) is 5.10 Å². The zero-order valence-corrected chi connectivity index (χ0v) is 15.4. The smallest absolute Gasteiger partial charge is 0.226 e. The van der Waals surface area contributed by atoms with Crippen molar-refractivity contribution in [1.82, 2.24) is 19.7 Å². The van der Waals surface area contributed by atoms with Crippen molar-refractivity contribution in [2.24, 2.45) is 0 Å². The fourth-order valence-corrected chi connectivity index (χ4v) is 3.44. The summed E-state index contributed by atoms with van der Waals surface area (Å²) in [7, 11) is 0. The van der Waals surface area contributed by atoms with E-state index in [-0.39, 0.29) is 24.3 Å². The second-order valence-electron chi connectivity index (χ2n) is 5.92. The molecule has 0 bridgehead atoms. The highest BCUT2D eigenvalue weighted by atomic mass is 35.5. The van der Waals surface area contributed by atoms with Gasteiger partial charge in [-0.05, 0) is 12.1 Å². The summed E-state index contributed by atoms with van der Waals surface area (Å²) >= 11 is 12.2. The molecule has 0 saturated carbocycles. The van der Waals surface area contributed by atoms with Gasteiger partial charge in [-0.3, -0.25) is 4.79 Å². The van der Waals surface area contributed by atoms with Crippen LogP contribution in [0.1, 0.15) is 12.0 Å². The lowest BCUT2D eigenvalue weighted by Crippen LogP contribution is -2.45. The van der Waals surface area contributed by atoms with E-state index in [1.165, 1.54) is 17.3 Å². The summed E-state index contributed by atoms with van der Waals surface area (Å²) in [6, 6.07) is 4.81. The van der Waals surface area contributed by atoms with Gasteiger partial charge in [0.2, 0.25) is 5.91 Å². The zero-order valence-electron chi connectivity index (χ0n) is 13.9. The van der Waals surface area contributed by atoms with E-state index < -0.39 is 5.60 Å². The van der Waals surface area contributed by atoms with Crippen molar-refractivity contribution in [2.75, 3.05) is 26.3 Å². The van der Waals surface area contributed by atoms with Crippen molar-refractivity contribution in [3.63, 3.8) is 0 Å². The summed E-state index contributed by atoms with van der Waals surface area (Å²) in [6.07, 6.45) is 2.72. The van der Waals surface area contributed by atoms with Crippen LogP contribution >= 0.6 is 23.2 Å². The molecule has 2 heterocycles. The topological polar surface area (TPSA) is 112 Å². The quantitative estimate of drug-likeness (QED) is 0.797. The number of rotatable bonds is 5. The van der Waals surface area contributed by atoms with Crippen LogP contribution in [0.15, 0.2) is 30.9 Å². The first kappa shape index (κ1) is 20.6. The number of hydrogen-bond donors (Lipinski definition) is 1. The van der Waals surface area contributed by atoms with Crippen LogP contribution in [0.5, 0.6) is 0 Å². The SMILES string of the molecule is O.O=C(CC(O)(Cn1cncn1)c1ccc(Cl)cc1Cl)N1CCOCC1. The molecule has 10 heteroatoms. The van der Waals surface area contributed by atoms with Crippen LogP contribution in [0.3, 0.4) is 0 Å². The summed E-state index contributed by atoms with van der Waals surface area (Å²) in [6.45, 7) is 2.05. The van der Waals surface area contributed by atoms with Gasteiger partial charge >= 0.3 is 0 Å². The number of amides is 1. The highest BCUT2D eigenvalue weighted by Gasteiger charge is 2.37. The normalized spacial score (nSPS) is 16.7. The van der Waals surface area contributed by atoms with Crippen molar-refractivity contribution in [2.45, 2.75) is 18.6 Å². The lowest BCUT2D eigenvalue weighted by atomic mass is 9.89. The van der Waals surface area contributed by atoms with E-state index in [4.69, 9.17) is 27.9 Å². The number of nitrogens with zero attached hydrogens (tertiary/aromatic N) is 4. The summed E-state index contributed by atoms with van der Waals surface area (Å²) in [5, 5.41) is 16.1. The van der Waals surface area contributed by atoms with Crippen molar-refractivity contribution in [1.29, 1.82) is 0 Å². The first-order valence-corrected chi connectivity index (χ1v) is 8.59. The Morgan fingerprint density at radius 3 is 2.65 bits per heavy atom. The maximum atomic E-state index is 12.7. The van der Waals surface area contributed by atoms with Crippen molar-refractivity contribution >= 4 is 29.1 Å². The molecule has 2 aromatic rings. The van der Waals surface area contributed by atoms with E-state index in [2.05, 4.69) is 10.1 Å². The predicted octanol–water partition coefficient (Wildman–Crippen LogP) is 0.897. The van der Waals surface area contributed by atoms with Crippen LogP contribution in [0.2, 0.25) is 10.0 Å². The summed E-state index contributed by atoms with van der Waals surface area (Å²) in [5.74, 6) is -0.170. The van der Waals surface area contributed by atoms with E-state index in [0.29, 0.717) is 41.9 Å². The molecule has 142 valence electrons. The van der Waals surface area contributed by atoms with Gasteiger partial charge in [0.15, 0.2) is 0 Å². The average molecular weight is 403 g/mol. The van der Waals surface area contributed by atoms with Crippen LogP contribution in [0.4, 0.5) is 0 Å². The van der Waals surface area contributed by atoms with Gasteiger partial charge < -0.3 is 20.2 Å². The fourth-order valence-electron chi connectivity index (χ4n) is 2.86. The monoisotopic (exact) mass is 402 g/mol. The van der Waals surface area contributed by atoms with Gasteiger partial charge in [-0.15, -0.1) is 0 Å². The molecule has 1 unspecified atom stereocenters. The third kappa shape index (κ3) is 4.72. The second-order valence-corrected chi connectivity index (χ2v) is 6.76. The lowest BCUT2D eigenvalue weighted by Gasteiger charge is -2.33.